The van der Waals surface area contributed by atoms with Crippen molar-refractivity contribution in [1.29, 1.82) is 0 Å². The molecule has 116 valence electrons. The predicted octanol–water partition coefficient (Wildman–Crippen LogP) is 0.668. The number of rotatable bonds is 2. The first kappa shape index (κ1) is 13.5. The van der Waals surface area contributed by atoms with Crippen molar-refractivity contribution < 1.29 is 4.79 Å². The Kier molecular flexibility index (Phi) is 3.02. The molecule has 1 aliphatic heterocycles. The Bertz CT molecular complexity index is 718. The summed E-state index contributed by atoms with van der Waals surface area (Å²) in [7, 11) is 1.88. The van der Waals surface area contributed by atoms with E-state index in [4.69, 9.17) is 0 Å². The predicted molar refractivity (Wildman–Crippen MR) is 82.4 cm³/mol. The van der Waals surface area contributed by atoms with Gasteiger partial charge >= 0.3 is 0 Å². The van der Waals surface area contributed by atoms with Crippen molar-refractivity contribution in [2.24, 2.45) is 18.9 Å². The van der Waals surface area contributed by atoms with Crippen molar-refractivity contribution >= 4 is 22.8 Å². The first-order chi connectivity index (χ1) is 10.6. The van der Waals surface area contributed by atoms with Gasteiger partial charge < -0.3 is 9.80 Å². The van der Waals surface area contributed by atoms with Crippen LogP contribution in [-0.2, 0) is 11.8 Å². The van der Waals surface area contributed by atoms with E-state index in [0.717, 1.165) is 49.5 Å². The third-order valence-corrected chi connectivity index (χ3v) is 4.83. The number of carbonyl (C=O) groups is 1. The zero-order valence-electron chi connectivity index (χ0n) is 12.9. The highest BCUT2D eigenvalue weighted by Gasteiger charge is 2.42. The van der Waals surface area contributed by atoms with Crippen molar-refractivity contribution in [3.8, 4) is 0 Å². The molecule has 2 aromatic heterocycles. The molecule has 0 aromatic carbocycles. The van der Waals surface area contributed by atoms with Crippen LogP contribution in [0.3, 0.4) is 0 Å². The van der Waals surface area contributed by atoms with E-state index in [0.29, 0.717) is 11.8 Å². The third-order valence-electron chi connectivity index (χ3n) is 4.83. The highest BCUT2D eigenvalue weighted by molar-refractivity contribution is 5.87. The van der Waals surface area contributed by atoms with Gasteiger partial charge in [-0.15, -0.1) is 0 Å². The minimum atomic E-state index is 0.274. The Balaban J connectivity index is 1.50. The lowest BCUT2D eigenvalue weighted by atomic mass is 10.2. The highest BCUT2D eigenvalue weighted by Crippen LogP contribution is 2.39. The smallest absolute Gasteiger partial charge is 0.226 e. The monoisotopic (exact) mass is 300 g/mol. The normalized spacial score (nSPS) is 24.8. The van der Waals surface area contributed by atoms with Gasteiger partial charge in [-0.2, -0.15) is 5.10 Å². The Morgan fingerprint density at radius 3 is 2.64 bits per heavy atom. The molecule has 0 radical (unpaired) electrons. The summed E-state index contributed by atoms with van der Waals surface area (Å²) >= 11 is 0. The van der Waals surface area contributed by atoms with Crippen LogP contribution in [0.4, 0.5) is 5.82 Å². The van der Waals surface area contributed by atoms with Gasteiger partial charge in [0.25, 0.3) is 0 Å². The zero-order chi connectivity index (χ0) is 15.3. The number of aromatic nitrogens is 4. The fraction of sp³-hybridized carbons (Fsp3) is 0.600. The summed E-state index contributed by atoms with van der Waals surface area (Å²) in [6.45, 7) is 5.32. The molecule has 22 heavy (non-hydrogen) atoms. The minimum Gasteiger partial charge on any atom is -0.352 e. The summed E-state index contributed by atoms with van der Waals surface area (Å²) < 4.78 is 1.76. The van der Waals surface area contributed by atoms with Crippen molar-refractivity contribution in [2.45, 2.75) is 13.3 Å². The molecule has 0 unspecified atom stereocenters. The van der Waals surface area contributed by atoms with Crippen LogP contribution in [0.25, 0.3) is 11.0 Å². The summed E-state index contributed by atoms with van der Waals surface area (Å²) in [5.41, 5.74) is 0.843. The van der Waals surface area contributed by atoms with Gasteiger partial charge in [-0.1, -0.05) is 6.92 Å². The summed E-state index contributed by atoms with van der Waals surface area (Å²) in [4.78, 5) is 25.2. The van der Waals surface area contributed by atoms with E-state index in [1.54, 1.807) is 11.0 Å². The van der Waals surface area contributed by atoms with Crippen LogP contribution in [0.15, 0.2) is 12.5 Å². The van der Waals surface area contributed by atoms with E-state index in [1.807, 2.05) is 18.1 Å². The van der Waals surface area contributed by atoms with E-state index in [-0.39, 0.29) is 5.92 Å². The molecular formula is C15H20N6O. The molecular weight excluding hydrogens is 280 g/mol. The van der Waals surface area contributed by atoms with Gasteiger partial charge in [-0.05, 0) is 12.3 Å². The maximum absolute atomic E-state index is 12.3. The number of aryl methyl sites for hydroxylation is 1. The molecule has 0 bridgehead atoms. The third kappa shape index (κ3) is 2.12. The van der Waals surface area contributed by atoms with Crippen LogP contribution < -0.4 is 4.90 Å². The quantitative estimate of drug-likeness (QED) is 0.815. The molecule has 2 aromatic rings. The van der Waals surface area contributed by atoms with E-state index < -0.39 is 0 Å². The van der Waals surface area contributed by atoms with E-state index in [9.17, 15) is 4.79 Å². The van der Waals surface area contributed by atoms with Crippen LogP contribution in [0.5, 0.6) is 0 Å². The summed E-state index contributed by atoms with van der Waals surface area (Å²) in [6.07, 6.45) is 4.46. The van der Waals surface area contributed by atoms with Crippen LogP contribution in [0, 0.1) is 11.8 Å². The Labute approximate surface area is 128 Å². The lowest BCUT2D eigenvalue weighted by Gasteiger charge is -2.35. The number of piperazine rings is 1. The number of carbonyl (C=O) groups excluding carboxylic acids is 1. The first-order valence-electron chi connectivity index (χ1n) is 7.81. The number of fused-ring (bicyclic) bond motifs is 1. The summed E-state index contributed by atoms with van der Waals surface area (Å²) in [5, 5.41) is 5.23. The van der Waals surface area contributed by atoms with Crippen molar-refractivity contribution in [1.82, 2.24) is 24.6 Å². The average Bonchev–Trinajstić information content (AvgIpc) is 3.16. The van der Waals surface area contributed by atoms with Crippen molar-refractivity contribution in [3.63, 3.8) is 0 Å². The Morgan fingerprint density at radius 1 is 1.23 bits per heavy atom. The molecule has 1 saturated carbocycles. The van der Waals surface area contributed by atoms with Gasteiger partial charge in [-0.3, -0.25) is 9.48 Å². The van der Waals surface area contributed by atoms with Crippen molar-refractivity contribution in [2.75, 3.05) is 31.1 Å². The lowest BCUT2D eigenvalue weighted by molar-refractivity contribution is -0.133. The summed E-state index contributed by atoms with van der Waals surface area (Å²) in [6, 6.07) is 0. The Morgan fingerprint density at radius 2 is 1.95 bits per heavy atom. The summed E-state index contributed by atoms with van der Waals surface area (Å²) in [5.74, 6) is 2.10. The SMILES string of the molecule is C[C@H]1C[C@H]1C(=O)N1CCN(c2ncnc3c2cnn3C)CC1. The standard InChI is InChI=1S/C15H20N6O/c1-10-7-11(10)15(22)21-5-3-20(4-6-21)14-12-8-18-19(2)13(12)16-9-17-14/h8-11H,3-7H2,1-2H3/t10-,11+/m0/s1. The van der Waals surface area contributed by atoms with Gasteiger partial charge in [0.05, 0.1) is 11.6 Å². The number of anilines is 1. The molecule has 4 rings (SSSR count). The molecule has 1 amide bonds. The highest BCUT2D eigenvalue weighted by atomic mass is 16.2. The van der Waals surface area contributed by atoms with Crippen LogP contribution in [0.1, 0.15) is 13.3 Å². The molecule has 0 spiro atoms. The molecule has 2 aliphatic rings. The van der Waals surface area contributed by atoms with Crippen molar-refractivity contribution in [3.05, 3.63) is 12.5 Å². The zero-order valence-corrected chi connectivity index (χ0v) is 12.9. The lowest BCUT2D eigenvalue weighted by Crippen LogP contribution is -2.49. The second kappa shape index (κ2) is 4.93. The van der Waals surface area contributed by atoms with Gasteiger partial charge in [-0.25, -0.2) is 9.97 Å². The molecule has 0 N–H and O–H groups in total. The molecule has 7 heteroatoms. The topological polar surface area (TPSA) is 67.2 Å². The molecule has 2 fully saturated rings. The van der Waals surface area contributed by atoms with Crippen LogP contribution in [0.2, 0.25) is 0 Å². The molecule has 2 atom stereocenters. The first-order valence-corrected chi connectivity index (χ1v) is 7.81. The van der Waals surface area contributed by atoms with Gasteiger partial charge in [0, 0.05) is 39.1 Å². The van der Waals surface area contributed by atoms with E-state index in [2.05, 4.69) is 26.9 Å². The fourth-order valence-electron chi connectivity index (χ4n) is 3.24. The van der Waals surface area contributed by atoms with E-state index >= 15 is 0 Å². The molecule has 1 saturated heterocycles. The number of nitrogens with zero attached hydrogens (tertiary/aromatic N) is 6. The van der Waals surface area contributed by atoms with E-state index in [1.165, 1.54) is 0 Å². The maximum Gasteiger partial charge on any atom is 0.226 e. The van der Waals surface area contributed by atoms with Crippen LogP contribution >= 0.6 is 0 Å². The molecule has 7 nitrogen and oxygen atoms in total. The van der Waals surface area contributed by atoms with Gasteiger partial charge in [0.1, 0.15) is 12.1 Å². The fourth-order valence-corrected chi connectivity index (χ4v) is 3.24. The minimum absolute atomic E-state index is 0.274. The number of hydrogen-bond acceptors (Lipinski definition) is 5. The van der Waals surface area contributed by atoms with Gasteiger partial charge in [0.2, 0.25) is 5.91 Å². The van der Waals surface area contributed by atoms with Crippen LogP contribution in [-0.4, -0.2) is 56.7 Å². The molecule has 3 heterocycles. The number of hydrogen-bond donors (Lipinski definition) is 0. The largest absolute Gasteiger partial charge is 0.352 e. The second-order valence-electron chi connectivity index (χ2n) is 6.33. The maximum atomic E-state index is 12.3. The molecule has 1 aliphatic carbocycles. The Hall–Kier alpha value is -2.18. The average molecular weight is 300 g/mol. The number of amides is 1. The van der Waals surface area contributed by atoms with Gasteiger partial charge in [0.15, 0.2) is 5.65 Å². The second-order valence-corrected chi connectivity index (χ2v) is 6.33.